The number of hydrogen-bond donors (Lipinski definition) is 2. The summed E-state index contributed by atoms with van der Waals surface area (Å²) in [5.41, 5.74) is 0.607. The van der Waals surface area contributed by atoms with Crippen LogP contribution in [0.15, 0.2) is 12.3 Å². The van der Waals surface area contributed by atoms with Crippen molar-refractivity contribution in [2.75, 3.05) is 19.6 Å². The van der Waals surface area contributed by atoms with Crippen LogP contribution in [0.3, 0.4) is 0 Å². The van der Waals surface area contributed by atoms with Gasteiger partial charge in [-0.05, 0) is 31.5 Å². The molecule has 1 saturated heterocycles. The lowest BCUT2D eigenvalue weighted by Gasteiger charge is -2.10. The van der Waals surface area contributed by atoms with Crippen molar-refractivity contribution < 1.29 is 4.79 Å². The second-order valence-corrected chi connectivity index (χ2v) is 4.66. The van der Waals surface area contributed by atoms with Crippen molar-refractivity contribution in [2.45, 2.75) is 6.42 Å². The fourth-order valence-corrected chi connectivity index (χ4v) is 2.22. The van der Waals surface area contributed by atoms with Crippen LogP contribution in [0.1, 0.15) is 16.9 Å². The number of carbonyl (C=O) groups is 1. The molecule has 5 heteroatoms. The highest BCUT2D eigenvalue weighted by atomic mass is 35.5. The van der Waals surface area contributed by atoms with E-state index in [0.717, 1.165) is 26.1 Å². The molecule has 1 amide bonds. The summed E-state index contributed by atoms with van der Waals surface area (Å²) in [6.07, 6.45) is 2.86. The van der Waals surface area contributed by atoms with Crippen molar-refractivity contribution in [1.29, 1.82) is 0 Å². The van der Waals surface area contributed by atoms with E-state index in [9.17, 15) is 4.79 Å². The lowest BCUT2D eigenvalue weighted by atomic mass is 10.1. The zero-order valence-corrected chi connectivity index (χ0v) is 10.0. The summed E-state index contributed by atoms with van der Waals surface area (Å²) in [6, 6.07) is 1.68. The molecule has 1 aliphatic rings. The van der Waals surface area contributed by atoms with Crippen LogP contribution in [0.4, 0.5) is 0 Å². The van der Waals surface area contributed by atoms with Gasteiger partial charge in [-0.3, -0.25) is 4.79 Å². The van der Waals surface area contributed by atoms with E-state index in [1.807, 2.05) is 7.05 Å². The van der Waals surface area contributed by atoms with Gasteiger partial charge in [-0.1, -0.05) is 11.6 Å². The molecule has 0 saturated carbocycles. The van der Waals surface area contributed by atoms with Crippen LogP contribution in [0.25, 0.3) is 0 Å². The summed E-state index contributed by atoms with van der Waals surface area (Å²) in [5.74, 6) is 0.501. The number of nitrogens with zero attached hydrogens (tertiary/aromatic N) is 1. The molecule has 0 bridgehead atoms. The maximum absolute atomic E-state index is 11.8. The summed E-state index contributed by atoms with van der Waals surface area (Å²) < 4.78 is 1.74. The van der Waals surface area contributed by atoms with E-state index in [2.05, 4.69) is 10.6 Å². The molecule has 4 nitrogen and oxygen atoms in total. The van der Waals surface area contributed by atoms with E-state index < -0.39 is 0 Å². The van der Waals surface area contributed by atoms with Gasteiger partial charge in [0.1, 0.15) is 5.69 Å². The molecule has 0 aromatic carbocycles. The monoisotopic (exact) mass is 241 g/mol. The molecule has 0 radical (unpaired) electrons. The lowest BCUT2D eigenvalue weighted by Crippen LogP contribution is -2.31. The van der Waals surface area contributed by atoms with Gasteiger partial charge in [0.15, 0.2) is 0 Å². The Morgan fingerprint density at radius 1 is 1.75 bits per heavy atom. The number of amides is 1. The molecule has 0 spiro atoms. The maximum atomic E-state index is 11.8. The van der Waals surface area contributed by atoms with Crippen LogP contribution in [-0.2, 0) is 7.05 Å². The van der Waals surface area contributed by atoms with Gasteiger partial charge in [0.25, 0.3) is 5.91 Å². The number of halogens is 1. The largest absolute Gasteiger partial charge is 0.350 e. The van der Waals surface area contributed by atoms with Crippen LogP contribution >= 0.6 is 11.6 Å². The van der Waals surface area contributed by atoms with Crippen molar-refractivity contribution >= 4 is 17.5 Å². The van der Waals surface area contributed by atoms with Gasteiger partial charge in [-0.15, -0.1) is 0 Å². The van der Waals surface area contributed by atoms with Gasteiger partial charge in [0, 0.05) is 19.8 Å². The Morgan fingerprint density at radius 2 is 2.56 bits per heavy atom. The summed E-state index contributed by atoms with van der Waals surface area (Å²) >= 11 is 5.83. The third-order valence-corrected chi connectivity index (χ3v) is 3.12. The molecule has 0 aliphatic carbocycles. The van der Waals surface area contributed by atoms with E-state index in [1.165, 1.54) is 0 Å². The third kappa shape index (κ3) is 2.57. The van der Waals surface area contributed by atoms with E-state index in [0.29, 0.717) is 16.6 Å². The molecule has 2 heterocycles. The van der Waals surface area contributed by atoms with Gasteiger partial charge in [-0.25, -0.2) is 0 Å². The minimum absolute atomic E-state index is 0.0544. The predicted octanol–water partition coefficient (Wildman–Crippen LogP) is 1.02. The SMILES string of the molecule is Cn1cc(Cl)cc1C(=O)NCC1CCNC1. The first-order chi connectivity index (χ1) is 7.66. The topological polar surface area (TPSA) is 46.1 Å². The molecular formula is C11H16ClN3O. The van der Waals surface area contributed by atoms with Crippen molar-refractivity contribution in [1.82, 2.24) is 15.2 Å². The van der Waals surface area contributed by atoms with E-state index in [-0.39, 0.29) is 5.91 Å². The first-order valence-electron chi connectivity index (χ1n) is 5.47. The van der Waals surface area contributed by atoms with Gasteiger partial charge in [0.2, 0.25) is 0 Å². The average Bonchev–Trinajstić information content (AvgIpc) is 2.84. The van der Waals surface area contributed by atoms with Crippen LogP contribution in [-0.4, -0.2) is 30.1 Å². The van der Waals surface area contributed by atoms with Crippen molar-refractivity contribution in [3.8, 4) is 0 Å². The molecule has 1 fully saturated rings. The number of hydrogen-bond acceptors (Lipinski definition) is 2. The Hall–Kier alpha value is -1.00. The Balaban J connectivity index is 1.90. The zero-order chi connectivity index (χ0) is 11.5. The Kier molecular flexibility index (Phi) is 3.51. The minimum atomic E-state index is -0.0544. The first kappa shape index (κ1) is 11.5. The van der Waals surface area contributed by atoms with Crippen LogP contribution in [0.2, 0.25) is 5.02 Å². The van der Waals surface area contributed by atoms with E-state index >= 15 is 0 Å². The lowest BCUT2D eigenvalue weighted by molar-refractivity contribution is 0.0940. The van der Waals surface area contributed by atoms with Crippen molar-refractivity contribution in [2.24, 2.45) is 13.0 Å². The fourth-order valence-electron chi connectivity index (χ4n) is 1.97. The Bertz CT molecular complexity index is 383. The minimum Gasteiger partial charge on any atom is -0.350 e. The smallest absolute Gasteiger partial charge is 0.267 e. The number of nitrogens with one attached hydrogen (secondary N) is 2. The highest BCUT2D eigenvalue weighted by molar-refractivity contribution is 6.31. The highest BCUT2D eigenvalue weighted by Gasteiger charge is 2.17. The molecule has 88 valence electrons. The van der Waals surface area contributed by atoms with Crippen molar-refractivity contribution in [3.63, 3.8) is 0 Å². The van der Waals surface area contributed by atoms with Crippen LogP contribution < -0.4 is 10.6 Å². The Morgan fingerprint density at radius 3 is 3.12 bits per heavy atom. The van der Waals surface area contributed by atoms with Crippen molar-refractivity contribution in [3.05, 3.63) is 23.0 Å². The highest BCUT2D eigenvalue weighted by Crippen LogP contribution is 2.13. The predicted molar refractivity (Wildman–Crippen MR) is 63.7 cm³/mol. The normalized spacial score (nSPS) is 20.0. The number of aryl methyl sites for hydroxylation is 1. The maximum Gasteiger partial charge on any atom is 0.267 e. The molecule has 1 aromatic heterocycles. The number of rotatable bonds is 3. The van der Waals surface area contributed by atoms with Crippen LogP contribution in [0, 0.1) is 5.92 Å². The van der Waals surface area contributed by atoms with E-state index in [4.69, 9.17) is 11.6 Å². The second-order valence-electron chi connectivity index (χ2n) is 4.22. The van der Waals surface area contributed by atoms with Gasteiger partial charge >= 0.3 is 0 Å². The average molecular weight is 242 g/mol. The first-order valence-corrected chi connectivity index (χ1v) is 5.85. The number of aromatic nitrogens is 1. The molecule has 2 rings (SSSR count). The molecule has 1 unspecified atom stereocenters. The quantitative estimate of drug-likeness (QED) is 0.830. The standard InChI is InChI=1S/C11H16ClN3O/c1-15-7-9(12)4-10(15)11(16)14-6-8-2-3-13-5-8/h4,7-8,13H,2-3,5-6H2,1H3,(H,14,16). The van der Waals surface area contributed by atoms with Gasteiger partial charge in [0.05, 0.1) is 5.02 Å². The molecule has 1 aromatic rings. The van der Waals surface area contributed by atoms with E-state index in [1.54, 1.807) is 16.8 Å². The molecular weight excluding hydrogens is 226 g/mol. The third-order valence-electron chi connectivity index (χ3n) is 2.92. The molecule has 1 aliphatic heterocycles. The second kappa shape index (κ2) is 4.89. The zero-order valence-electron chi connectivity index (χ0n) is 9.29. The fraction of sp³-hybridized carbons (Fsp3) is 0.545. The van der Waals surface area contributed by atoms with Crippen LogP contribution in [0.5, 0.6) is 0 Å². The summed E-state index contributed by atoms with van der Waals surface area (Å²) in [5, 5.41) is 6.80. The Labute approximate surface area is 100.0 Å². The molecule has 1 atom stereocenters. The molecule has 2 N–H and O–H groups in total. The molecule has 16 heavy (non-hydrogen) atoms. The summed E-state index contributed by atoms with van der Waals surface area (Å²) in [4.78, 5) is 11.8. The van der Waals surface area contributed by atoms with Gasteiger partial charge in [-0.2, -0.15) is 0 Å². The summed E-state index contributed by atoms with van der Waals surface area (Å²) in [7, 11) is 1.82. The number of carbonyl (C=O) groups excluding carboxylic acids is 1. The summed E-state index contributed by atoms with van der Waals surface area (Å²) in [6.45, 7) is 2.78. The van der Waals surface area contributed by atoms with Gasteiger partial charge < -0.3 is 15.2 Å².